The molecular weight excluding hydrogens is 793 g/mol. The van der Waals surface area contributed by atoms with Gasteiger partial charge in [0.15, 0.2) is 0 Å². The fourth-order valence-corrected chi connectivity index (χ4v) is 10.5. The van der Waals surface area contributed by atoms with Crippen molar-refractivity contribution >= 4 is 43.1 Å². The monoisotopic (exact) mass is 836 g/mol. The molecule has 1 aliphatic rings. The highest BCUT2D eigenvalue weighted by Crippen LogP contribution is 2.58. The minimum atomic E-state index is -1.38. The van der Waals surface area contributed by atoms with Gasteiger partial charge in [0.1, 0.15) is 22.8 Å². The number of hydrogen-bond acceptors (Lipinski definition) is 3. The van der Waals surface area contributed by atoms with Crippen LogP contribution in [0, 0.1) is 6.92 Å². The molecule has 0 amide bonds. The van der Waals surface area contributed by atoms with Crippen LogP contribution in [-0.2, 0) is 11.0 Å². The maximum atomic E-state index is 12.5. The molecule has 0 fully saturated rings. The second-order valence-corrected chi connectivity index (χ2v) is 17.5. The number of hydrogen-bond donors (Lipinski definition) is 1. The number of aliphatic hydroxyl groups is 1. The van der Waals surface area contributed by atoms with Crippen LogP contribution in [0.5, 0.6) is 17.2 Å². The van der Waals surface area contributed by atoms with E-state index in [1.54, 1.807) is 7.11 Å². The Kier molecular flexibility index (Phi) is 8.98. The first-order chi connectivity index (χ1) is 31.9. The molecule has 3 nitrogen and oxygen atoms in total. The second kappa shape index (κ2) is 15.1. The quantitative estimate of drug-likeness (QED) is 0.155. The molecule has 11 aromatic rings. The predicted molar refractivity (Wildman–Crippen MR) is 267 cm³/mol. The van der Waals surface area contributed by atoms with Crippen molar-refractivity contribution in [3.8, 4) is 28.4 Å². The van der Waals surface area contributed by atoms with Gasteiger partial charge in [-0.15, -0.1) is 0 Å². The van der Waals surface area contributed by atoms with Crippen LogP contribution in [0.25, 0.3) is 54.2 Å². The van der Waals surface area contributed by atoms with Gasteiger partial charge in [0.05, 0.1) is 12.5 Å². The van der Waals surface area contributed by atoms with Crippen LogP contribution < -0.4 is 9.47 Å². The van der Waals surface area contributed by atoms with Crippen molar-refractivity contribution in [2.24, 2.45) is 0 Å². The third kappa shape index (κ3) is 6.23. The maximum absolute atomic E-state index is 12.5. The van der Waals surface area contributed by atoms with Crippen LogP contribution >= 0.6 is 0 Å². The molecule has 0 aromatic heterocycles. The second-order valence-electron chi connectivity index (χ2n) is 17.5. The van der Waals surface area contributed by atoms with Crippen molar-refractivity contribution < 1.29 is 14.6 Å². The van der Waals surface area contributed by atoms with Crippen LogP contribution in [0.1, 0.15) is 44.5 Å². The van der Waals surface area contributed by atoms with Crippen molar-refractivity contribution in [2.75, 3.05) is 7.11 Å². The first-order valence-electron chi connectivity index (χ1n) is 22.2. The largest absolute Gasteiger partial charge is 0.497 e. The van der Waals surface area contributed by atoms with Crippen LogP contribution in [0.15, 0.2) is 224 Å². The highest BCUT2D eigenvalue weighted by atomic mass is 16.5. The molecular formula is C62H44O3. The highest BCUT2D eigenvalue weighted by molar-refractivity contribution is 6.01. The number of benzene rings is 11. The van der Waals surface area contributed by atoms with Gasteiger partial charge in [-0.1, -0.05) is 157 Å². The number of aryl methyl sites for hydroxylation is 1. The summed E-state index contributed by atoms with van der Waals surface area (Å²) in [6.45, 7) is 2.16. The van der Waals surface area contributed by atoms with Gasteiger partial charge in [-0.2, -0.15) is 0 Å². The average Bonchev–Trinajstić information content (AvgIpc) is 3.63. The summed E-state index contributed by atoms with van der Waals surface area (Å²) in [4.78, 5) is 0. The lowest BCUT2D eigenvalue weighted by atomic mass is 9.66. The highest BCUT2D eigenvalue weighted by Gasteiger charge is 2.47. The van der Waals surface area contributed by atoms with E-state index in [0.717, 1.165) is 39.0 Å². The molecule has 1 unspecified atom stereocenters. The molecule has 1 atom stereocenters. The summed E-state index contributed by atoms with van der Waals surface area (Å²) < 4.78 is 12.0. The SMILES string of the molecule is COc1ccc(C(O)(c2ccccc2)c2ccc(Oc3ccc4cc(C5(c6ccc7cc(C)ccc7c6)c6cc7ccccc7cc6-c6cc7ccccc7cc65)ccc4c3)cc2)cc1. The predicted octanol–water partition coefficient (Wildman–Crippen LogP) is 15.1. The van der Waals surface area contributed by atoms with Crippen LogP contribution in [0.2, 0.25) is 0 Å². The summed E-state index contributed by atoms with van der Waals surface area (Å²) in [6, 6.07) is 79.4. The van der Waals surface area contributed by atoms with E-state index >= 15 is 0 Å². The zero-order chi connectivity index (χ0) is 43.7. The Morgan fingerprint density at radius 2 is 0.785 bits per heavy atom. The zero-order valence-electron chi connectivity index (χ0n) is 36.1. The topological polar surface area (TPSA) is 38.7 Å². The summed E-state index contributed by atoms with van der Waals surface area (Å²) in [5.74, 6) is 2.15. The van der Waals surface area contributed by atoms with Crippen molar-refractivity contribution in [1.29, 1.82) is 0 Å². The van der Waals surface area contributed by atoms with E-state index in [-0.39, 0.29) is 0 Å². The van der Waals surface area contributed by atoms with Crippen molar-refractivity contribution in [3.05, 3.63) is 269 Å². The van der Waals surface area contributed by atoms with Crippen LogP contribution in [-0.4, -0.2) is 12.2 Å². The van der Waals surface area contributed by atoms with E-state index in [0.29, 0.717) is 5.75 Å². The normalized spacial score (nSPS) is 13.7. The Balaban J connectivity index is 0.972. The van der Waals surface area contributed by atoms with Gasteiger partial charge < -0.3 is 14.6 Å². The summed E-state index contributed by atoms with van der Waals surface area (Å²) in [7, 11) is 1.64. The van der Waals surface area contributed by atoms with Crippen molar-refractivity contribution in [1.82, 2.24) is 0 Å². The minimum absolute atomic E-state index is 0.601. The maximum Gasteiger partial charge on any atom is 0.140 e. The van der Waals surface area contributed by atoms with E-state index in [1.807, 2.05) is 78.9 Å². The smallest absolute Gasteiger partial charge is 0.140 e. The fraction of sp³-hybridized carbons (Fsp3) is 0.0645. The Bertz CT molecular complexity index is 3540. The Hall–Kier alpha value is -7.98. The third-order valence-corrected chi connectivity index (χ3v) is 13.8. The standard InChI is InChI=1S/C62H44O3/c1-40-16-17-46-33-52(21-18-45(46)32-40)61(59-38-43-12-8-6-10-41(43)36-57(59)58-37-42-11-7-9-13-44(42)39-60(58)61)53-22-19-48-35-56(27-20-47(48)34-53)65-55-30-25-51(26-31-55)62(63,49-14-4-3-5-15-49)50-23-28-54(64-2)29-24-50/h3-39,63H,1-2H3. The van der Waals surface area contributed by atoms with Gasteiger partial charge in [0.25, 0.3) is 0 Å². The van der Waals surface area contributed by atoms with E-state index in [4.69, 9.17) is 9.47 Å². The molecule has 1 aliphatic carbocycles. The summed E-state index contributed by atoms with van der Waals surface area (Å²) >= 11 is 0. The fourth-order valence-electron chi connectivity index (χ4n) is 10.5. The molecule has 65 heavy (non-hydrogen) atoms. The first kappa shape index (κ1) is 38.7. The van der Waals surface area contributed by atoms with E-state index < -0.39 is 11.0 Å². The summed E-state index contributed by atoms with van der Waals surface area (Å²) in [5.41, 5.74) is 9.12. The summed E-state index contributed by atoms with van der Waals surface area (Å²) in [6.07, 6.45) is 0. The number of rotatable bonds is 8. The lowest BCUT2D eigenvalue weighted by molar-refractivity contribution is 0.125. The van der Waals surface area contributed by atoms with Crippen molar-refractivity contribution in [3.63, 3.8) is 0 Å². The average molecular weight is 837 g/mol. The third-order valence-electron chi connectivity index (χ3n) is 13.8. The molecule has 0 bridgehead atoms. The molecule has 12 rings (SSSR count). The van der Waals surface area contributed by atoms with Gasteiger partial charge in [-0.25, -0.2) is 0 Å². The zero-order valence-corrected chi connectivity index (χ0v) is 36.1. The van der Waals surface area contributed by atoms with Gasteiger partial charge >= 0.3 is 0 Å². The van der Waals surface area contributed by atoms with Crippen LogP contribution in [0.3, 0.4) is 0 Å². The van der Waals surface area contributed by atoms with Gasteiger partial charge in [-0.3, -0.25) is 0 Å². The Morgan fingerprint density at radius 3 is 1.34 bits per heavy atom. The molecule has 0 heterocycles. The van der Waals surface area contributed by atoms with Crippen LogP contribution in [0.4, 0.5) is 0 Å². The van der Waals surface area contributed by atoms with Gasteiger partial charge in [0.2, 0.25) is 0 Å². The van der Waals surface area contributed by atoms with E-state index in [2.05, 4.69) is 153 Å². The number of methoxy groups -OCH3 is 1. The lowest BCUT2D eigenvalue weighted by Crippen LogP contribution is -2.28. The Labute approximate surface area is 378 Å². The van der Waals surface area contributed by atoms with Gasteiger partial charge in [0, 0.05) is 0 Å². The Morgan fingerprint density at radius 1 is 0.369 bits per heavy atom. The lowest BCUT2D eigenvalue weighted by Gasteiger charge is -2.34. The summed E-state index contributed by atoms with van der Waals surface area (Å²) in [5, 5.41) is 22.1. The first-order valence-corrected chi connectivity index (χ1v) is 22.2. The molecule has 1 N–H and O–H groups in total. The molecule has 0 saturated carbocycles. The molecule has 11 aromatic carbocycles. The molecule has 0 aliphatic heterocycles. The van der Waals surface area contributed by atoms with Crippen molar-refractivity contribution in [2.45, 2.75) is 17.9 Å². The van der Waals surface area contributed by atoms with Gasteiger partial charge in [-0.05, 0) is 173 Å². The molecule has 0 radical (unpaired) electrons. The minimum Gasteiger partial charge on any atom is -0.497 e. The molecule has 310 valence electrons. The number of fused-ring (bicyclic) bond motifs is 7. The molecule has 0 spiro atoms. The molecule has 0 saturated heterocycles. The molecule has 3 heteroatoms. The van der Waals surface area contributed by atoms with E-state index in [1.165, 1.54) is 71.3 Å². The number of ether oxygens (including phenoxy) is 2. The van der Waals surface area contributed by atoms with E-state index in [9.17, 15) is 5.11 Å².